The summed E-state index contributed by atoms with van der Waals surface area (Å²) in [6.07, 6.45) is 0.115. The summed E-state index contributed by atoms with van der Waals surface area (Å²) in [5, 5.41) is 16.9. The molecule has 3 rings (SSSR count). The quantitative estimate of drug-likeness (QED) is 0.447. The summed E-state index contributed by atoms with van der Waals surface area (Å²) in [4.78, 5) is 29.7. The zero-order valence-corrected chi connectivity index (χ0v) is 19.0. The molecule has 0 atom stereocenters. The Balaban J connectivity index is 2.06. The molecule has 0 aliphatic heterocycles. The Morgan fingerprint density at radius 1 is 1.32 bits per heavy atom. The van der Waals surface area contributed by atoms with E-state index in [0.717, 1.165) is 4.90 Å². The van der Waals surface area contributed by atoms with Crippen molar-refractivity contribution in [1.29, 1.82) is 0 Å². The van der Waals surface area contributed by atoms with Crippen LogP contribution in [-0.4, -0.2) is 45.1 Å². The van der Waals surface area contributed by atoms with Gasteiger partial charge in [-0.25, -0.2) is 18.9 Å². The number of halogens is 4. The lowest BCUT2D eigenvalue weighted by atomic mass is 10.1. The molecule has 0 saturated carbocycles. The van der Waals surface area contributed by atoms with Crippen LogP contribution < -0.4 is 10.2 Å². The number of hydrogen-bond acceptors (Lipinski definition) is 4. The maximum Gasteiger partial charge on any atom is 0.411 e. The summed E-state index contributed by atoms with van der Waals surface area (Å²) in [5.74, 6) is -0.380. The molecule has 0 fully saturated rings. The fourth-order valence-corrected chi connectivity index (χ4v) is 3.73. The monoisotopic (exact) mass is 529 g/mol. The highest BCUT2D eigenvalue weighted by Gasteiger charge is 2.24. The number of benzene rings is 1. The number of pyridine rings is 1. The van der Waals surface area contributed by atoms with E-state index < -0.39 is 25.2 Å². The van der Waals surface area contributed by atoms with E-state index in [0.29, 0.717) is 10.2 Å². The van der Waals surface area contributed by atoms with Crippen LogP contribution in [-0.2, 0) is 0 Å². The molecular weight excluding hydrogens is 516 g/mol. The van der Waals surface area contributed by atoms with Gasteiger partial charge >= 0.3 is 6.09 Å². The SMILES string of the molecule is Cc1cc(Cl)cc(N(CCF)C(=O)O)c1NC(=O)c1cc(Br)nn1-c1ncccc1Cl. The number of nitrogens with zero attached hydrogens (tertiary/aromatic N) is 4. The number of carboxylic acid groups (broad SMARTS) is 1. The summed E-state index contributed by atoms with van der Waals surface area (Å²) >= 11 is 15.5. The van der Waals surface area contributed by atoms with Crippen molar-refractivity contribution >= 4 is 62.5 Å². The van der Waals surface area contributed by atoms with Gasteiger partial charge in [0.15, 0.2) is 5.82 Å². The van der Waals surface area contributed by atoms with E-state index in [2.05, 4.69) is 31.3 Å². The molecule has 12 heteroatoms. The first-order valence-corrected chi connectivity index (χ1v) is 10.3. The molecule has 2 aromatic heterocycles. The normalized spacial score (nSPS) is 10.7. The molecule has 0 bridgehead atoms. The number of hydrogen-bond donors (Lipinski definition) is 2. The van der Waals surface area contributed by atoms with E-state index in [4.69, 9.17) is 23.2 Å². The van der Waals surface area contributed by atoms with E-state index >= 15 is 0 Å². The van der Waals surface area contributed by atoms with E-state index in [-0.39, 0.29) is 32.9 Å². The zero-order chi connectivity index (χ0) is 22.7. The van der Waals surface area contributed by atoms with Crippen molar-refractivity contribution in [2.75, 3.05) is 23.4 Å². The van der Waals surface area contributed by atoms with E-state index in [1.54, 1.807) is 25.1 Å². The minimum absolute atomic E-state index is 0.0458. The molecule has 3 aromatic rings. The molecular formula is C19H15BrCl2FN5O3. The van der Waals surface area contributed by atoms with Crippen LogP contribution in [0.15, 0.2) is 41.1 Å². The van der Waals surface area contributed by atoms with Crippen LogP contribution in [0.5, 0.6) is 0 Å². The summed E-state index contributed by atoms with van der Waals surface area (Å²) < 4.78 is 14.6. The highest BCUT2D eigenvalue weighted by Crippen LogP contribution is 2.34. The minimum Gasteiger partial charge on any atom is -0.465 e. The van der Waals surface area contributed by atoms with Gasteiger partial charge in [0, 0.05) is 17.3 Å². The number of carbonyl (C=O) groups is 2. The highest BCUT2D eigenvalue weighted by molar-refractivity contribution is 9.10. The van der Waals surface area contributed by atoms with Gasteiger partial charge in [0.2, 0.25) is 0 Å². The first kappa shape index (κ1) is 23.0. The lowest BCUT2D eigenvalue weighted by molar-refractivity contribution is 0.101. The van der Waals surface area contributed by atoms with Crippen LogP contribution in [0.25, 0.3) is 5.82 Å². The Kier molecular flexibility index (Phi) is 7.14. The topological polar surface area (TPSA) is 100 Å². The Morgan fingerprint density at radius 2 is 2.06 bits per heavy atom. The second-order valence-corrected chi connectivity index (χ2v) is 7.92. The fourth-order valence-electron chi connectivity index (χ4n) is 2.89. The van der Waals surface area contributed by atoms with Gasteiger partial charge in [-0.05, 0) is 52.7 Å². The number of carbonyl (C=O) groups excluding carboxylic acids is 1. The molecule has 0 radical (unpaired) electrons. The number of anilines is 2. The number of aromatic nitrogens is 3. The molecule has 162 valence electrons. The number of alkyl halides is 1. The molecule has 31 heavy (non-hydrogen) atoms. The van der Waals surface area contributed by atoms with Gasteiger partial charge in [-0.3, -0.25) is 9.69 Å². The largest absolute Gasteiger partial charge is 0.465 e. The average Bonchev–Trinajstić information content (AvgIpc) is 3.09. The number of aryl methyl sites for hydroxylation is 1. The second-order valence-electron chi connectivity index (χ2n) is 6.27. The van der Waals surface area contributed by atoms with Gasteiger partial charge in [-0.15, -0.1) is 0 Å². The number of amides is 2. The average molecular weight is 531 g/mol. The van der Waals surface area contributed by atoms with Crippen molar-refractivity contribution in [1.82, 2.24) is 14.8 Å². The van der Waals surface area contributed by atoms with Gasteiger partial charge in [-0.2, -0.15) is 5.10 Å². The molecule has 0 unspecified atom stereocenters. The van der Waals surface area contributed by atoms with Crippen molar-refractivity contribution < 1.29 is 19.1 Å². The molecule has 2 amide bonds. The predicted octanol–water partition coefficient (Wildman–Crippen LogP) is 5.35. The van der Waals surface area contributed by atoms with E-state index in [1.807, 2.05) is 0 Å². The molecule has 0 aliphatic rings. The number of rotatable bonds is 6. The molecule has 1 aromatic carbocycles. The van der Waals surface area contributed by atoms with Crippen molar-refractivity contribution in [2.45, 2.75) is 6.92 Å². The second kappa shape index (κ2) is 9.63. The number of nitrogens with one attached hydrogen (secondary N) is 1. The Bertz CT molecular complexity index is 1160. The third-order valence-electron chi connectivity index (χ3n) is 4.20. The van der Waals surface area contributed by atoms with E-state index in [1.165, 1.54) is 23.0 Å². The predicted molar refractivity (Wildman–Crippen MR) is 120 cm³/mol. The smallest absolute Gasteiger partial charge is 0.411 e. The van der Waals surface area contributed by atoms with Crippen molar-refractivity contribution in [3.8, 4) is 5.82 Å². The minimum atomic E-state index is -1.39. The van der Waals surface area contributed by atoms with Gasteiger partial charge in [0.1, 0.15) is 17.0 Å². The molecule has 8 nitrogen and oxygen atoms in total. The van der Waals surface area contributed by atoms with Crippen molar-refractivity contribution in [2.24, 2.45) is 0 Å². The van der Waals surface area contributed by atoms with Crippen LogP contribution in [0.3, 0.4) is 0 Å². The third kappa shape index (κ3) is 4.97. The first-order valence-electron chi connectivity index (χ1n) is 8.77. The van der Waals surface area contributed by atoms with E-state index in [9.17, 15) is 19.1 Å². The maximum atomic E-state index is 13.1. The lowest BCUT2D eigenvalue weighted by Crippen LogP contribution is -2.32. The van der Waals surface area contributed by atoms with Gasteiger partial charge in [0.05, 0.1) is 22.9 Å². The summed E-state index contributed by atoms with van der Waals surface area (Å²) in [5.41, 5.74) is 0.785. The summed E-state index contributed by atoms with van der Waals surface area (Å²) in [6, 6.07) is 7.60. The summed E-state index contributed by atoms with van der Waals surface area (Å²) in [7, 11) is 0. The first-order chi connectivity index (χ1) is 14.7. The molecule has 0 spiro atoms. The maximum absolute atomic E-state index is 13.1. The standard InChI is InChI=1S/C19H15BrCl2FN5O3/c1-10-7-11(21)8-13(27(6-4-23)19(30)31)16(10)25-18(29)14-9-15(20)26-28(14)17-12(22)3-2-5-24-17/h2-3,5,7-9H,4,6H2,1H3,(H,25,29)(H,30,31). The Labute approximate surface area is 194 Å². The van der Waals surface area contributed by atoms with Crippen LogP contribution in [0.1, 0.15) is 16.1 Å². The third-order valence-corrected chi connectivity index (χ3v) is 5.10. The van der Waals surface area contributed by atoms with Gasteiger partial charge in [-0.1, -0.05) is 23.2 Å². The fraction of sp³-hybridized carbons (Fsp3) is 0.158. The van der Waals surface area contributed by atoms with Crippen LogP contribution in [0, 0.1) is 6.92 Å². The van der Waals surface area contributed by atoms with Crippen molar-refractivity contribution in [3.05, 3.63) is 62.4 Å². The zero-order valence-electron chi connectivity index (χ0n) is 15.9. The van der Waals surface area contributed by atoms with Crippen LogP contribution in [0.4, 0.5) is 20.6 Å². The molecule has 0 saturated heterocycles. The van der Waals surface area contributed by atoms with Gasteiger partial charge in [0.25, 0.3) is 5.91 Å². The van der Waals surface area contributed by atoms with Crippen LogP contribution >= 0.6 is 39.1 Å². The van der Waals surface area contributed by atoms with Crippen molar-refractivity contribution in [3.63, 3.8) is 0 Å². The van der Waals surface area contributed by atoms with Gasteiger partial charge < -0.3 is 10.4 Å². The Morgan fingerprint density at radius 3 is 2.71 bits per heavy atom. The molecule has 0 aliphatic carbocycles. The molecule has 2 N–H and O–H groups in total. The summed E-state index contributed by atoms with van der Waals surface area (Å²) in [6.45, 7) is 0.303. The highest BCUT2D eigenvalue weighted by atomic mass is 79.9. The Hall–Kier alpha value is -2.69. The lowest BCUT2D eigenvalue weighted by Gasteiger charge is -2.23. The molecule has 2 heterocycles. The van der Waals surface area contributed by atoms with Crippen LogP contribution in [0.2, 0.25) is 10.0 Å².